The van der Waals surface area contributed by atoms with Crippen molar-refractivity contribution in [2.45, 2.75) is 31.8 Å². The Bertz CT molecular complexity index is 478. The Morgan fingerprint density at radius 3 is 2.80 bits per heavy atom. The minimum atomic E-state index is -0.855. The zero-order valence-corrected chi connectivity index (χ0v) is 11.5. The van der Waals surface area contributed by atoms with Crippen molar-refractivity contribution in [3.63, 3.8) is 0 Å². The Morgan fingerprint density at radius 1 is 1.45 bits per heavy atom. The van der Waals surface area contributed by atoms with Crippen LogP contribution in [-0.4, -0.2) is 51.5 Å². The quantitative estimate of drug-likeness (QED) is 0.906. The van der Waals surface area contributed by atoms with Crippen molar-refractivity contribution >= 4 is 12.0 Å². The number of aliphatic carboxylic acids is 1. The fourth-order valence-electron chi connectivity index (χ4n) is 2.55. The molecule has 1 N–H and O–H groups in total. The summed E-state index contributed by atoms with van der Waals surface area (Å²) in [5.74, 6) is -0.855. The predicted octanol–water partition coefficient (Wildman–Crippen LogP) is 1.57. The summed E-state index contributed by atoms with van der Waals surface area (Å²) in [5, 5.41) is 8.89. The fraction of sp³-hybridized carbons (Fsp3) is 0.500. The molecule has 1 unspecified atom stereocenters. The van der Waals surface area contributed by atoms with Crippen LogP contribution in [0.3, 0.4) is 0 Å². The Balaban J connectivity index is 1.97. The van der Waals surface area contributed by atoms with Crippen molar-refractivity contribution in [1.29, 1.82) is 0 Å². The molecule has 108 valence electrons. The molecule has 1 aliphatic heterocycles. The van der Waals surface area contributed by atoms with Crippen molar-refractivity contribution in [2.75, 3.05) is 13.6 Å². The van der Waals surface area contributed by atoms with Gasteiger partial charge < -0.3 is 14.9 Å². The van der Waals surface area contributed by atoms with Crippen LogP contribution in [-0.2, 0) is 11.3 Å². The van der Waals surface area contributed by atoms with E-state index in [1.165, 1.54) is 0 Å². The molecule has 6 nitrogen and oxygen atoms in total. The molecule has 1 aliphatic rings. The second-order valence-corrected chi connectivity index (χ2v) is 5.08. The molecule has 2 rings (SSSR count). The van der Waals surface area contributed by atoms with Gasteiger partial charge in [0.15, 0.2) is 0 Å². The Kier molecular flexibility index (Phi) is 4.55. The molecule has 1 aromatic rings. The number of nitrogens with zero attached hydrogens (tertiary/aromatic N) is 3. The zero-order chi connectivity index (χ0) is 14.5. The second kappa shape index (κ2) is 6.36. The molecule has 1 fully saturated rings. The number of aromatic nitrogens is 1. The van der Waals surface area contributed by atoms with Gasteiger partial charge >= 0.3 is 12.0 Å². The zero-order valence-electron chi connectivity index (χ0n) is 11.5. The monoisotopic (exact) mass is 277 g/mol. The normalized spacial score (nSPS) is 18.1. The van der Waals surface area contributed by atoms with Crippen LogP contribution >= 0.6 is 0 Å². The highest BCUT2D eigenvalue weighted by molar-refractivity contribution is 5.76. The van der Waals surface area contributed by atoms with Crippen LogP contribution in [0.2, 0.25) is 0 Å². The lowest BCUT2D eigenvalue weighted by molar-refractivity contribution is -0.138. The summed E-state index contributed by atoms with van der Waals surface area (Å²) in [6.07, 6.45) is 5.04. The first-order valence-corrected chi connectivity index (χ1v) is 6.70. The summed E-state index contributed by atoms with van der Waals surface area (Å²) in [6, 6.07) is 3.44. The lowest BCUT2D eigenvalue weighted by Gasteiger charge is -2.29. The molecule has 2 heterocycles. The first kappa shape index (κ1) is 14.3. The summed E-state index contributed by atoms with van der Waals surface area (Å²) >= 11 is 0. The summed E-state index contributed by atoms with van der Waals surface area (Å²) in [5.41, 5.74) is 1.00. The van der Waals surface area contributed by atoms with Gasteiger partial charge in [-0.2, -0.15) is 0 Å². The van der Waals surface area contributed by atoms with Crippen molar-refractivity contribution in [2.24, 2.45) is 0 Å². The van der Waals surface area contributed by atoms with Crippen molar-refractivity contribution < 1.29 is 14.7 Å². The Morgan fingerprint density at radius 2 is 2.15 bits per heavy atom. The molecule has 20 heavy (non-hydrogen) atoms. The number of urea groups is 1. The van der Waals surface area contributed by atoms with E-state index >= 15 is 0 Å². The highest BCUT2D eigenvalue weighted by Gasteiger charge is 2.31. The molecule has 0 bridgehead atoms. The molecular weight excluding hydrogens is 258 g/mol. The lowest BCUT2D eigenvalue weighted by atomic mass is 10.1. The first-order chi connectivity index (χ1) is 9.58. The third-order valence-corrected chi connectivity index (χ3v) is 3.53. The van der Waals surface area contributed by atoms with Crippen LogP contribution in [0.25, 0.3) is 0 Å². The Hall–Kier alpha value is -2.11. The van der Waals surface area contributed by atoms with Gasteiger partial charge in [0.2, 0.25) is 0 Å². The molecule has 1 saturated heterocycles. The summed E-state index contributed by atoms with van der Waals surface area (Å²) in [4.78, 5) is 30.4. The van der Waals surface area contributed by atoms with Crippen molar-refractivity contribution in [3.05, 3.63) is 30.1 Å². The van der Waals surface area contributed by atoms with E-state index in [1.807, 2.05) is 12.1 Å². The van der Waals surface area contributed by atoms with Crippen LogP contribution < -0.4 is 0 Å². The molecule has 2 amide bonds. The van der Waals surface area contributed by atoms with Crippen LogP contribution in [0.15, 0.2) is 24.5 Å². The van der Waals surface area contributed by atoms with E-state index in [0.29, 0.717) is 13.1 Å². The smallest absolute Gasteiger partial charge is 0.320 e. The van der Waals surface area contributed by atoms with E-state index in [4.69, 9.17) is 5.11 Å². The minimum absolute atomic E-state index is 0.0227. The minimum Gasteiger partial charge on any atom is -0.481 e. The number of likely N-dealkylation sites (tertiary alicyclic amines) is 1. The van der Waals surface area contributed by atoms with Crippen molar-refractivity contribution in [3.8, 4) is 0 Å². The largest absolute Gasteiger partial charge is 0.481 e. The summed E-state index contributed by atoms with van der Waals surface area (Å²) in [6.45, 7) is 1.13. The van der Waals surface area contributed by atoms with E-state index in [2.05, 4.69) is 4.98 Å². The maximum Gasteiger partial charge on any atom is 0.320 e. The van der Waals surface area contributed by atoms with Crippen molar-refractivity contribution in [1.82, 2.24) is 14.8 Å². The third-order valence-electron chi connectivity index (χ3n) is 3.53. The molecule has 0 aliphatic carbocycles. The van der Waals surface area contributed by atoms with Gasteiger partial charge in [0.25, 0.3) is 0 Å². The van der Waals surface area contributed by atoms with E-state index in [0.717, 1.165) is 18.4 Å². The molecule has 0 saturated carbocycles. The molecule has 6 heteroatoms. The maximum atomic E-state index is 12.4. The average Bonchev–Trinajstić information content (AvgIpc) is 2.86. The van der Waals surface area contributed by atoms with Gasteiger partial charge in [-0.3, -0.25) is 9.78 Å². The third kappa shape index (κ3) is 3.46. The first-order valence-electron chi connectivity index (χ1n) is 6.70. The van der Waals surface area contributed by atoms with Gasteiger partial charge in [-0.05, 0) is 30.5 Å². The SMILES string of the molecule is CN(Cc1ccncc1)C(=O)N1CCCC1CC(=O)O. The van der Waals surface area contributed by atoms with Crippen LogP contribution in [0.4, 0.5) is 4.79 Å². The summed E-state index contributed by atoms with van der Waals surface area (Å²) < 4.78 is 0. The van der Waals surface area contributed by atoms with E-state index < -0.39 is 5.97 Å². The van der Waals surface area contributed by atoms with Gasteiger partial charge in [-0.15, -0.1) is 0 Å². The van der Waals surface area contributed by atoms with Crippen LogP contribution in [0.5, 0.6) is 0 Å². The topological polar surface area (TPSA) is 73.7 Å². The number of hydrogen-bond donors (Lipinski definition) is 1. The standard InChI is InChI=1S/C14H19N3O3/c1-16(10-11-4-6-15-7-5-11)14(20)17-8-2-3-12(17)9-13(18)19/h4-7,12H,2-3,8-10H2,1H3,(H,18,19). The molecular formula is C14H19N3O3. The van der Waals surface area contributed by atoms with Gasteiger partial charge in [-0.1, -0.05) is 0 Å². The highest BCUT2D eigenvalue weighted by Crippen LogP contribution is 2.21. The highest BCUT2D eigenvalue weighted by atomic mass is 16.4. The van der Waals surface area contributed by atoms with Crippen LogP contribution in [0, 0.1) is 0 Å². The molecule has 0 spiro atoms. The number of hydrogen-bond acceptors (Lipinski definition) is 3. The summed E-state index contributed by atoms with van der Waals surface area (Å²) in [7, 11) is 1.74. The fourth-order valence-corrected chi connectivity index (χ4v) is 2.55. The van der Waals surface area contributed by atoms with E-state index in [-0.39, 0.29) is 18.5 Å². The predicted molar refractivity (Wildman–Crippen MR) is 73.1 cm³/mol. The number of carbonyl (C=O) groups excluding carboxylic acids is 1. The number of carboxylic acid groups (broad SMARTS) is 1. The molecule has 0 aromatic carbocycles. The van der Waals surface area contributed by atoms with Gasteiger partial charge in [0, 0.05) is 38.6 Å². The average molecular weight is 277 g/mol. The van der Waals surface area contributed by atoms with E-state index in [1.54, 1.807) is 29.2 Å². The number of carboxylic acids is 1. The molecule has 1 aromatic heterocycles. The van der Waals surface area contributed by atoms with E-state index in [9.17, 15) is 9.59 Å². The van der Waals surface area contributed by atoms with Gasteiger partial charge in [0.1, 0.15) is 0 Å². The number of pyridine rings is 1. The lowest BCUT2D eigenvalue weighted by Crippen LogP contribution is -2.44. The number of rotatable bonds is 4. The molecule has 0 radical (unpaired) electrons. The maximum absolute atomic E-state index is 12.4. The van der Waals surface area contributed by atoms with Gasteiger partial charge in [0.05, 0.1) is 6.42 Å². The van der Waals surface area contributed by atoms with Crippen LogP contribution in [0.1, 0.15) is 24.8 Å². The number of amides is 2. The Labute approximate surface area is 118 Å². The molecule has 1 atom stereocenters. The second-order valence-electron chi connectivity index (χ2n) is 5.08. The number of carbonyl (C=O) groups is 2. The van der Waals surface area contributed by atoms with Gasteiger partial charge in [-0.25, -0.2) is 4.79 Å².